The standard InChI is InChI=1S/C34H42N3O6PS.BrH/c1-42-32(39)24-36-33(40)30(37-31(38)21-20-29(35)34(41)43-2)25-45-23-13-12-22-44(26-14-6-3-7-15-26,27-16-8-4-9-17-27)28-18-10-5-11-19-28;/h3-11,14-19,23,29-30,45H,12-13,20-22,24-25,35H2,1-2H3,(H-,36,37,38,40);1H. The number of carbonyl (C=O) groups excluding carboxylic acids is 4. The van der Waals surface area contributed by atoms with Crippen LogP contribution in [0.2, 0.25) is 0 Å². The molecule has 0 aliphatic carbocycles. The molecular formula is C34H43BrN3O6PS. The van der Waals surface area contributed by atoms with Crippen molar-refractivity contribution in [3.05, 3.63) is 91.0 Å². The van der Waals surface area contributed by atoms with Gasteiger partial charge < -0.3 is 42.8 Å². The molecule has 9 nitrogen and oxygen atoms in total. The number of rotatable bonds is 17. The van der Waals surface area contributed by atoms with Crippen molar-refractivity contribution >= 4 is 63.6 Å². The third kappa shape index (κ3) is 11.5. The van der Waals surface area contributed by atoms with Gasteiger partial charge in [-0.15, -0.1) is 0 Å². The number of halogens is 1. The fourth-order valence-electron chi connectivity index (χ4n) is 4.94. The summed E-state index contributed by atoms with van der Waals surface area (Å²) in [6, 6.07) is 30.3. The summed E-state index contributed by atoms with van der Waals surface area (Å²) in [5.74, 6) is -1.80. The predicted octanol–water partition coefficient (Wildman–Crippen LogP) is -0.913. The number of hydrogen-bond acceptors (Lipinski definition) is 7. The van der Waals surface area contributed by atoms with Crippen LogP contribution in [0.1, 0.15) is 25.7 Å². The number of unbranched alkanes of at least 4 members (excludes halogenated alkanes) is 1. The number of thiol groups is 1. The molecule has 12 heteroatoms. The molecule has 0 aliphatic heterocycles. The quantitative estimate of drug-likeness (QED) is 0.0464. The Bertz CT molecular complexity index is 1320. The average Bonchev–Trinajstić information content (AvgIpc) is 3.09. The molecule has 0 aliphatic rings. The molecule has 4 N–H and O–H groups in total. The zero-order valence-electron chi connectivity index (χ0n) is 26.1. The van der Waals surface area contributed by atoms with E-state index in [1.54, 1.807) is 0 Å². The summed E-state index contributed by atoms with van der Waals surface area (Å²) in [4.78, 5) is 48.6. The van der Waals surface area contributed by atoms with Gasteiger partial charge in [0.1, 0.15) is 41.8 Å². The Kier molecular flexibility index (Phi) is 17.5. The molecule has 0 bridgehead atoms. The molecule has 0 spiro atoms. The van der Waals surface area contributed by atoms with Gasteiger partial charge in [0.2, 0.25) is 11.8 Å². The summed E-state index contributed by atoms with van der Waals surface area (Å²) < 4.78 is 9.21. The van der Waals surface area contributed by atoms with Gasteiger partial charge in [-0.2, -0.15) is 0 Å². The number of hydrogen-bond donors (Lipinski definition) is 4. The van der Waals surface area contributed by atoms with Crippen LogP contribution in [0.15, 0.2) is 91.0 Å². The van der Waals surface area contributed by atoms with Gasteiger partial charge in [0.25, 0.3) is 0 Å². The monoisotopic (exact) mass is 731 g/mol. The summed E-state index contributed by atoms with van der Waals surface area (Å²) in [6.07, 6.45) is 2.73. The van der Waals surface area contributed by atoms with Crippen LogP contribution >= 0.6 is 18.6 Å². The Labute approximate surface area is 286 Å². The maximum atomic E-state index is 12.9. The third-order valence-electron chi connectivity index (χ3n) is 7.31. The molecule has 0 aromatic heterocycles. The van der Waals surface area contributed by atoms with Gasteiger partial charge in [0, 0.05) is 12.2 Å². The van der Waals surface area contributed by atoms with E-state index in [0.717, 1.165) is 30.4 Å². The van der Waals surface area contributed by atoms with E-state index in [9.17, 15) is 19.2 Å². The molecule has 0 saturated heterocycles. The second-order valence-corrected chi connectivity index (χ2v) is 15.0. The molecule has 2 amide bonds. The first-order valence-corrected chi connectivity index (χ1v) is 17.9. The molecule has 3 aromatic carbocycles. The summed E-state index contributed by atoms with van der Waals surface area (Å²) >= 11 is 0.863. The smallest absolute Gasteiger partial charge is 0.325 e. The summed E-state index contributed by atoms with van der Waals surface area (Å²) in [5.41, 5.74) is 5.74. The van der Waals surface area contributed by atoms with Gasteiger partial charge in [0.05, 0.1) is 20.4 Å². The number of ether oxygens (including phenoxy) is 2. The Balaban J connectivity index is 0.00000736. The topological polar surface area (TPSA) is 137 Å². The molecule has 248 valence electrons. The molecule has 2 unspecified atom stereocenters. The van der Waals surface area contributed by atoms with Gasteiger partial charge in [-0.1, -0.05) is 60.0 Å². The molecule has 0 radical (unpaired) electrons. The van der Waals surface area contributed by atoms with Crippen LogP contribution in [0, 0.1) is 0 Å². The summed E-state index contributed by atoms with van der Waals surface area (Å²) in [6.45, 7) is -0.306. The second kappa shape index (κ2) is 20.7. The second-order valence-electron chi connectivity index (χ2n) is 10.3. The maximum absolute atomic E-state index is 12.9. The Hall–Kier alpha value is -3.37. The summed E-state index contributed by atoms with van der Waals surface area (Å²) in [7, 11) is 0.527. The van der Waals surface area contributed by atoms with Crippen LogP contribution in [0.5, 0.6) is 0 Å². The molecule has 0 fully saturated rings. The van der Waals surface area contributed by atoms with Crippen LogP contribution in [0.4, 0.5) is 0 Å². The number of benzene rings is 3. The number of amides is 2. The van der Waals surface area contributed by atoms with E-state index in [1.165, 1.54) is 30.1 Å². The van der Waals surface area contributed by atoms with E-state index in [4.69, 9.17) is 5.73 Å². The predicted molar refractivity (Wildman–Crippen MR) is 185 cm³/mol. The van der Waals surface area contributed by atoms with Crippen molar-refractivity contribution in [2.24, 2.45) is 5.73 Å². The highest BCUT2D eigenvalue weighted by Gasteiger charge is 2.44. The maximum Gasteiger partial charge on any atom is 0.325 e. The van der Waals surface area contributed by atoms with Crippen molar-refractivity contribution < 1.29 is 45.6 Å². The molecule has 3 rings (SSSR count). The van der Waals surface area contributed by atoms with Gasteiger partial charge in [-0.25, -0.2) is 11.4 Å². The first-order valence-electron chi connectivity index (χ1n) is 14.8. The lowest BCUT2D eigenvalue weighted by molar-refractivity contribution is -0.142. The van der Waals surface area contributed by atoms with Crippen molar-refractivity contribution in [1.29, 1.82) is 0 Å². The molecule has 2 atom stereocenters. The number of nitrogens with two attached hydrogens (primary N) is 1. The van der Waals surface area contributed by atoms with Gasteiger partial charge in [0.15, 0.2) is 0 Å². The van der Waals surface area contributed by atoms with Crippen molar-refractivity contribution in [2.75, 3.05) is 32.7 Å². The van der Waals surface area contributed by atoms with E-state index in [0.29, 0.717) is 5.75 Å². The molecule has 46 heavy (non-hydrogen) atoms. The first-order chi connectivity index (χ1) is 21.8. The zero-order chi connectivity index (χ0) is 32.5. The number of methoxy groups -OCH3 is 2. The van der Waals surface area contributed by atoms with Gasteiger partial charge >= 0.3 is 11.9 Å². The fourth-order valence-corrected chi connectivity index (χ4v) is 10.3. The first kappa shape index (κ1) is 38.8. The minimum absolute atomic E-state index is 0. The van der Waals surface area contributed by atoms with Crippen LogP contribution < -0.4 is 49.3 Å². The van der Waals surface area contributed by atoms with E-state index in [-0.39, 0.29) is 36.4 Å². The zero-order valence-corrected chi connectivity index (χ0v) is 29.5. The minimum atomic E-state index is -1.93. The SMILES string of the molecule is COC(=O)CNC(=O)C(C[SH]=CCCC[P+](c1ccccc1)(c1ccccc1)c1ccccc1)NC(=O)CCC(N)C(=O)OC.[Br-]. The largest absolute Gasteiger partial charge is 1.00 e. The number of esters is 2. The molecule has 3 aromatic rings. The van der Waals surface area contributed by atoms with Crippen molar-refractivity contribution in [3.8, 4) is 0 Å². The third-order valence-corrected chi connectivity index (χ3v) is 12.9. The van der Waals surface area contributed by atoms with Crippen LogP contribution in [-0.2, 0) is 28.7 Å². The van der Waals surface area contributed by atoms with Gasteiger partial charge in [-0.05, 0) is 55.7 Å². The lowest BCUT2D eigenvalue weighted by Crippen LogP contribution is -3.00. The number of carbonyl (C=O) groups is 4. The van der Waals surface area contributed by atoms with E-state index in [1.807, 2.05) is 18.2 Å². The average molecular weight is 733 g/mol. The summed E-state index contributed by atoms with van der Waals surface area (Å²) in [5, 5.41) is 11.3. The Morgan fingerprint density at radius 3 is 1.85 bits per heavy atom. The van der Waals surface area contributed by atoms with Crippen LogP contribution in [-0.4, -0.2) is 73.9 Å². The van der Waals surface area contributed by atoms with E-state index >= 15 is 0 Å². The fraction of sp³-hybridized carbons (Fsp3) is 0.324. The Morgan fingerprint density at radius 2 is 1.37 bits per heavy atom. The molecular weight excluding hydrogens is 689 g/mol. The molecule has 0 saturated carbocycles. The van der Waals surface area contributed by atoms with Gasteiger partial charge in [-0.3, -0.25) is 19.2 Å². The highest BCUT2D eigenvalue weighted by atomic mass is 79.9. The minimum Gasteiger partial charge on any atom is -1.00 e. The van der Waals surface area contributed by atoms with E-state index in [2.05, 4.69) is 98.3 Å². The van der Waals surface area contributed by atoms with Crippen molar-refractivity contribution in [1.82, 2.24) is 10.6 Å². The molecule has 0 heterocycles. The van der Waals surface area contributed by atoms with E-state index < -0.39 is 43.1 Å². The number of nitrogens with one attached hydrogen (secondary N) is 2. The van der Waals surface area contributed by atoms with Crippen LogP contribution in [0.3, 0.4) is 0 Å². The van der Waals surface area contributed by atoms with Crippen LogP contribution in [0.25, 0.3) is 0 Å². The highest BCUT2D eigenvalue weighted by Crippen LogP contribution is 2.55. The lowest BCUT2D eigenvalue weighted by Gasteiger charge is -2.27. The van der Waals surface area contributed by atoms with Crippen molar-refractivity contribution in [2.45, 2.75) is 37.8 Å². The Morgan fingerprint density at radius 1 is 0.848 bits per heavy atom. The lowest BCUT2D eigenvalue weighted by atomic mass is 10.1. The van der Waals surface area contributed by atoms with Crippen molar-refractivity contribution in [3.63, 3.8) is 0 Å². The normalized spacial score (nSPS) is 12.5. The highest BCUT2D eigenvalue weighted by molar-refractivity contribution is 7.97.